The fraction of sp³-hybridized carbons (Fsp3) is 0.429. The molecule has 4 rings (SSSR count). The second kappa shape index (κ2) is 7.83. The monoisotopic (exact) mass is 484 g/mol. The van der Waals surface area contributed by atoms with Crippen LogP contribution >= 0.6 is 23.2 Å². The summed E-state index contributed by atoms with van der Waals surface area (Å²) >= 11 is 12.7. The maximum Gasteiger partial charge on any atom is 0.416 e. The number of alkyl halides is 6. The summed E-state index contributed by atoms with van der Waals surface area (Å²) in [5.41, 5.74) is -2.73. The minimum absolute atomic E-state index is 0.0328. The van der Waals surface area contributed by atoms with Crippen LogP contribution in [0.25, 0.3) is 0 Å². The van der Waals surface area contributed by atoms with E-state index in [0.29, 0.717) is 13.2 Å². The Balaban J connectivity index is 1.91. The zero-order valence-corrected chi connectivity index (χ0v) is 17.5. The Bertz CT molecular complexity index is 927. The lowest BCUT2D eigenvalue weighted by atomic mass is 9.89. The van der Waals surface area contributed by atoms with E-state index in [1.807, 2.05) is 0 Å². The highest BCUT2D eigenvalue weighted by Gasteiger charge is 2.57. The molecule has 2 aromatic carbocycles. The first kappa shape index (κ1) is 22.7. The standard InChI is InChI=1S/C21H17Cl2F6NO/c22-17-9-12(20(24,25)26)4-6-15(17)19(30-8-2-1-3-14(30)11-31-19)16-7-5-13(10-18(16)23)21(27,28)29/h4-7,9-10,14H,1-3,8,11H2/p+1. The molecule has 1 N–H and O–H groups in total. The molecule has 0 saturated carbocycles. The minimum Gasteiger partial charge on any atom is -0.313 e. The maximum absolute atomic E-state index is 13.2. The van der Waals surface area contributed by atoms with E-state index in [-0.39, 0.29) is 27.2 Å². The third kappa shape index (κ3) is 3.92. The molecule has 0 bridgehead atoms. The summed E-state index contributed by atoms with van der Waals surface area (Å²) < 4.78 is 85.2. The molecule has 2 unspecified atom stereocenters. The molecule has 2 heterocycles. The Morgan fingerprint density at radius 1 is 0.839 bits per heavy atom. The van der Waals surface area contributed by atoms with Gasteiger partial charge in [-0.25, -0.2) is 0 Å². The molecule has 2 atom stereocenters. The van der Waals surface area contributed by atoms with Crippen molar-refractivity contribution < 1.29 is 36.0 Å². The van der Waals surface area contributed by atoms with Crippen molar-refractivity contribution in [2.75, 3.05) is 13.2 Å². The highest BCUT2D eigenvalue weighted by molar-refractivity contribution is 6.32. The summed E-state index contributed by atoms with van der Waals surface area (Å²) in [4.78, 5) is 0.891. The quantitative estimate of drug-likeness (QED) is 0.539. The first-order valence-corrected chi connectivity index (χ1v) is 10.4. The van der Waals surface area contributed by atoms with Crippen LogP contribution in [0.3, 0.4) is 0 Å². The highest BCUT2D eigenvalue weighted by atomic mass is 35.5. The second-order valence-corrected chi connectivity index (χ2v) is 8.66. The number of fused-ring (bicyclic) bond motifs is 1. The van der Waals surface area contributed by atoms with E-state index in [1.54, 1.807) is 0 Å². The van der Waals surface area contributed by atoms with Crippen LogP contribution in [0, 0.1) is 0 Å². The predicted octanol–water partition coefficient (Wildman–Crippen LogP) is 5.70. The fourth-order valence-electron chi connectivity index (χ4n) is 4.65. The van der Waals surface area contributed by atoms with Crippen LogP contribution in [0.1, 0.15) is 41.5 Å². The van der Waals surface area contributed by atoms with Crippen molar-refractivity contribution in [3.8, 4) is 0 Å². The normalized spacial score (nSPS) is 23.6. The van der Waals surface area contributed by atoms with Gasteiger partial charge < -0.3 is 4.74 Å². The average molecular weight is 485 g/mol. The minimum atomic E-state index is -4.58. The van der Waals surface area contributed by atoms with Gasteiger partial charge in [-0.3, -0.25) is 4.90 Å². The van der Waals surface area contributed by atoms with Gasteiger partial charge in [0.25, 0.3) is 5.72 Å². The molecule has 2 aliphatic heterocycles. The van der Waals surface area contributed by atoms with Gasteiger partial charge >= 0.3 is 12.4 Å². The van der Waals surface area contributed by atoms with Crippen LogP contribution in [0.15, 0.2) is 36.4 Å². The molecule has 0 aromatic heterocycles. The largest absolute Gasteiger partial charge is 0.416 e. The van der Waals surface area contributed by atoms with E-state index in [2.05, 4.69) is 0 Å². The molecule has 0 aliphatic carbocycles. The lowest BCUT2D eigenvalue weighted by molar-refractivity contribution is -0.981. The topological polar surface area (TPSA) is 13.7 Å². The summed E-state index contributed by atoms with van der Waals surface area (Å²) in [6, 6.07) is 5.95. The van der Waals surface area contributed by atoms with Gasteiger partial charge in [-0.2, -0.15) is 26.3 Å². The van der Waals surface area contributed by atoms with Crippen LogP contribution in [-0.4, -0.2) is 19.2 Å². The van der Waals surface area contributed by atoms with Gasteiger partial charge in [0, 0.05) is 6.42 Å². The maximum atomic E-state index is 13.2. The lowest BCUT2D eigenvalue weighted by Crippen LogP contribution is -3.21. The molecule has 31 heavy (non-hydrogen) atoms. The lowest BCUT2D eigenvalue weighted by Gasteiger charge is -2.39. The average Bonchev–Trinajstić information content (AvgIpc) is 3.06. The molecule has 168 valence electrons. The third-order valence-corrected chi connectivity index (χ3v) is 6.67. The molecule has 2 nitrogen and oxygen atoms in total. The molecule has 0 radical (unpaired) electrons. The van der Waals surface area contributed by atoms with Crippen molar-refractivity contribution >= 4 is 23.2 Å². The van der Waals surface area contributed by atoms with Gasteiger partial charge in [-0.15, -0.1) is 0 Å². The Morgan fingerprint density at radius 2 is 1.35 bits per heavy atom. The Morgan fingerprint density at radius 3 is 1.81 bits per heavy atom. The Labute approximate surface area is 184 Å². The molecule has 2 aromatic rings. The first-order valence-electron chi connectivity index (χ1n) is 9.69. The van der Waals surface area contributed by atoms with Gasteiger partial charge in [0.2, 0.25) is 0 Å². The zero-order chi connectivity index (χ0) is 22.6. The molecule has 0 spiro atoms. The summed E-state index contributed by atoms with van der Waals surface area (Å²) in [6.07, 6.45) is -6.53. The number of hydrogen-bond donors (Lipinski definition) is 1. The van der Waals surface area contributed by atoms with E-state index in [1.165, 1.54) is 12.1 Å². The third-order valence-electron chi connectivity index (χ3n) is 6.05. The number of halogens is 8. The smallest absolute Gasteiger partial charge is 0.313 e. The van der Waals surface area contributed by atoms with Crippen LogP contribution in [0.2, 0.25) is 10.0 Å². The van der Waals surface area contributed by atoms with Crippen molar-refractivity contribution in [3.63, 3.8) is 0 Å². The molecule has 0 amide bonds. The van der Waals surface area contributed by atoms with Gasteiger partial charge in [0.15, 0.2) is 0 Å². The number of benzene rings is 2. The van der Waals surface area contributed by atoms with E-state index in [4.69, 9.17) is 27.9 Å². The first-order chi connectivity index (χ1) is 14.4. The van der Waals surface area contributed by atoms with Crippen LogP contribution in [0.5, 0.6) is 0 Å². The van der Waals surface area contributed by atoms with E-state index >= 15 is 0 Å². The van der Waals surface area contributed by atoms with Crippen molar-refractivity contribution in [1.29, 1.82) is 0 Å². The van der Waals surface area contributed by atoms with Crippen molar-refractivity contribution in [1.82, 2.24) is 0 Å². The number of hydrogen-bond acceptors (Lipinski definition) is 1. The van der Waals surface area contributed by atoms with Gasteiger partial charge in [-0.1, -0.05) is 23.2 Å². The molecule has 10 heteroatoms. The number of nitrogens with one attached hydrogen (secondary N) is 1. The zero-order valence-electron chi connectivity index (χ0n) is 16.0. The second-order valence-electron chi connectivity index (χ2n) is 7.84. The van der Waals surface area contributed by atoms with Gasteiger partial charge in [0.1, 0.15) is 12.6 Å². The van der Waals surface area contributed by atoms with Gasteiger partial charge in [-0.05, 0) is 49.2 Å². The van der Waals surface area contributed by atoms with E-state index in [9.17, 15) is 26.3 Å². The summed E-state index contributed by atoms with van der Waals surface area (Å²) in [7, 11) is 0. The SMILES string of the molecule is FC(F)(F)c1ccc(C2(c3ccc(C(F)(F)F)cc3Cl)OCC3CCCC[NH+]32)c(Cl)c1. The molecule has 2 saturated heterocycles. The number of piperidine rings is 1. The van der Waals surface area contributed by atoms with Gasteiger partial charge in [0.05, 0.1) is 38.8 Å². The predicted molar refractivity (Wildman–Crippen MR) is 103 cm³/mol. The van der Waals surface area contributed by atoms with Crippen molar-refractivity contribution in [2.24, 2.45) is 0 Å². The number of quaternary nitrogens is 1. The van der Waals surface area contributed by atoms with Crippen LogP contribution in [0.4, 0.5) is 26.3 Å². The number of rotatable bonds is 2. The summed E-state index contributed by atoms with van der Waals surface area (Å²) in [5, 5.41) is -0.353. The van der Waals surface area contributed by atoms with Crippen molar-refractivity contribution in [2.45, 2.75) is 43.4 Å². The Hall–Kier alpha value is -1.48. The fourth-order valence-corrected chi connectivity index (χ4v) is 5.28. The summed E-state index contributed by atoms with van der Waals surface area (Å²) in [5.74, 6) is 0. The van der Waals surface area contributed by atoms with Crippen LogP contribution in [-0.2, 0) is 22.8 Å². The highest BCUT2D eigenvalue weighted by Crippen LogP contribution is 2.43. The molecule has 2 fully saturated rings. The van der Waals surface area contributed by atoms with E-state index in [0.717, 1.165) is 48.4 Å². The van der Waals surface area contributed by atoms with Crippen molar-refractivity contribution in [3.05, 3.63) is 68.7 Å². The Kier molecular flexibility index (Phi) is 5.74. The summed E-state index contributed by atoms with van der Waals surface area (Å²) in [6.45, 7) is 0.920. The molecule has 2 aliphatic rings. The molecular formula is C21H18Cl2F6NO+. The number of ether oxygens (including phenoxy) is 1. The molecular weight excluding hydrogens is 467 g/mol. The van der Waals surface area contributed by atoms with E-state index < -0.39 is 29.2 Å². The van der Waals surface area contributed by atoms with Crippen LogP contribution < -0.4 is 4.90 Å².